The standard InChI is InChI=1S/C63H39N5/c1-4-18-40(19-5-1)54-39-44(33-35-45(54)43-32-34-50-48-26-11-10-24-46(48)47-25-12-13-27-49(47)55(50)38-43)67-56-30-16-14-28-51(56)52-36-37-58-59(60(52)67)53-29-15-17-31-57(53)68(58)63-65-61(41-20-6-2-7-21-41)64-62(66-63)42-22-8-3-9-23-42/h1-39H. The Morgan fingerprint density at radius 1 is 0.265 bits per heavy atom. The van der Waals surface area contributed by atoms with Gasteiger partial charge in [-0.25, -0.2) is 4.98 Å². The molecule has 0 amide bonds. The van der Waals surface area contributed by atoms with E-state index in [4.69, 9.17) is 15.0 Å². The van der Waals surface area contributed by atoms with Gasteiger partial charge in [0.25, 0.3) is 0 Å². The first-order valence-corrected chi connectivity index (χ1v) is 23.1. The second-order valence-electron chi connectivity index (χ2n) is 17.5. The van der Waals surface area contributed by atoms with Crippen LogP contribution in [0.5, 0.6) is 0 Å². The Balaban J connectivity index is 1.04. The predicted octanol–water partition coefficient (Wildman–Crippen LogP) is 16.2. The normalized spacial score (nSPS) is 11.8. The Hall–Kier alpha value is -9.19. The molecular formula is C63H39N5. The van der Waals surface area contributed by atoms with Crippen LogP contribution in [0, 0.1) is 0 Å². The molecule has 0 unspecified atom stereocenters. The number of aromatic nitrogens is 5. The summed E-state index contributed by atoms with van der Waals surface area (Å²) < 4.78 is 4.69. The lowest BCUT2D eigenvalue weighted by Gasteiger charge is -2.17. The van der Waals surface area contributed by atoms with Gasteiger partial charge in [0.15, 0.2) is 11.6 Å². The minimum Gasteiger partial charge on any atom is -0.309 e. The van der Waals surface area contributed by atoms with Gasteiger partial charge < -0.3 is 4.57 Å². The summed E-state index contributed by atoms with van der Waals surface area (Å²) in [6, 6.07) is 84.8. The highest BCUT2D eigenvalue weighted by Crippen LogP contribution is 2.44. The van der Waals surface area contributed by atoms with Crippen LogP contribution in [0.4, 0.5) is 0 Å². The first kappa shape index (κ1) is 38.1. The van der Waals surface area contributed by atoms with E-state index in [1.165, 1.54) is 59.8 Å². The molecular weight excluding hydrogens is 827 g/mol. The van der Waals surface area contributed by atoms with Gasteiger partial charge in [-0.05, 0) is 91.0 Å². The van der Waals surface area contributed by atoms with Gasteiger partial charge in [-0.15, -0.1) is 0 Å². The second kappa shape index (κ2) is 15.2. The van der Waals surface area contributed by atoms with Crippen molar-refractivity contribution in [1.82, 2.24) is 24.1 Å². The second-order valence-corrected chi connectivity index (χ2v) is 17.5. The molecule has 14 aromatic rings. The smallest absolute Gasteiger partial charge is 0.238 e. The largest absolute Gasteiger partial charge is 0.309 e. The lowest BCUT2D eigenvalue weighted by Crippen LogP contribution is -2.06. The summed E-state index contributed by atoms with van der Waals surface area (Å²) >= 11 is 0. The monoisotopic (exact) mass is 865 g/mol. The van der Waals surface area contributed by atoms with Crippen LogP contribution in [-0.4, -0.2) is 24.1 Å². The molecule has 5 heteroatoms. The van der Waals surface area contributed by atoms with E-state index in [2.05, 4.69) is 209 Å². The number of nitrogens with zero attached hydrogens (tertiary/aromatic N) is 5. The van der Waals surface area contributed by atoms with E-state index in [0.717, 1.165) is 55.2 Å². The van der Waals surface area contributed by atoms with Gasteiger partial charge in [-0.1, -0.05) is 200 Å². The average Bonchev–Trinajstić information content (AvgIpc) is 3.94. The Morgan fingerprint density at radius 3 is 1.37 bits per heavy atom. The summed E-state index contributed by atoms with van der Waals surface area (Å²) in [5, 5.41) is 12.2. The van der Waals surface area contributed by atoms with Crippen molar-refractivity contribution in [3.05, 3.63) is 237 Å². The van der Waals surface area contributed by atoms with E-state index in [9.17, 15) is 0 Å². The van der Waals surface area contributed by atoms with Crippen molar-refractivity contribution in [1.29, 1.82) is 0 Å². The maximum Gasteiger partial charge on any atom is 0.238 e. The predicted molar refractivity (Wildman–Crippen MR) is 283 cm³/mol. The van der Waals surface area contributed by atoms with E-state index < -0.39 is 0 Å². The number of hydrogen-bond donors (Lipinski definition) is 0. The number of para-hydroxylation sites is 2. The summed E-state index contributed by atoms with van der Waals surface area (Å²) in [5.41, 5.74) is 11.9. The van der Waals surface area contributed by atoms with Gasteiger partial charge in [0.2, 0.25) is 5.95 Å². The summed E-state index contributed by atoms with van der Waals surface area (Å²) in [5.74, 6) is 1.81. The van der Waals surface area contributed by atoms with Crippen LogP contribution in [0.2, 0.25) is 0 Å². The minimum atomic E-state index is 0.567. The highest BCUT2D eigenvalue weighted by Gasteiger charge is 2.24. The number of benzene rings is 11. The van der Waals surface area contributed by atoms with E-state index in [1.54, 1.807) is 0 Å². The first-order valence-electron chi connectivity index (χ1n) is 23.1. The summed E-state index contributed by atoms with van der Waals surface area (Å²) in [7, 11) is 0. The van der Waals surface area contributed by atoms with Gasteiger partial charge in [0, 0.05) is 38.4 Å². The van der Waals surface area contributed by atoms with Crippen LogP contribution in [-0.2, 0) is 0 Å². The molecule has 3 aromatic heterocycles. The Labute approximate surface area is 391 Å². The van der Waals surface area contributed by atoms with Crippen LogP contribution in [0.25, 0.3) is 133 Å². The molecule has 316 valence electrons. The number of fused-ring (bicyclic) bond motifs is 13. The highest BCUT2D eigenvalue weighted by atomic mass is 15.2. The van der Waals surface area contributed by atoms with Crippen molar-refractivity contribution >= 4 is 75.9 Å². The SMILES string of the molecule is c1ccc(-c2nc(-c3ccccc3)nc(-n3c4ccccc4c4c3ccc3c5ccccc5n(-c5ccc(-c6ccc7c8ccccc8c8ccccc8c7c6)c(-c6ccccc6)c5)c34)n2)cc1. The molecule has 0 fully saturated rings. The fourth-order valence-corrected chi connectivity index (χ4v) is 10.7. The molecule has 0 bridgehead atoms. The van der Waals surface area contributed by atoms with Crippen molar-refractivity contribution in [3.63, 3.8) is 0 Å². The van der Waals surface area contributed by atoms with E-state index in [1.807, 2.05) is 36.4 Å². The third-order valence-corrected chi connectivity index (χ3v) is 13.8. The van der Waals surface area contributed by atoms with Gasteiger partial charge >= 0.3 is 0 Å². The van der Waals surface area contributed by atoms with Gasteiger partial charge in [0.1, 0.15) is 0 Å². The van der Waals surface area contributed by atoms with Gasteiger partial charge in [-0.2, -0.15) is 9.97 Å². The molecule has 11 aromatic carbocycles. The topological polar surface area (TPSA) is 48.5 Å². The third-order valence-electron chi connectivity index (χ3n) is 13.8. The van der Waals surface area contributed by atoms with Gasteiger partial charge in [0.05, 0.1) is 22.1 Å². The Bertz CT molecular complexity index is 4210. The first-order chi connectivity index (χ1) is 33.7. The maximum absolute atomic E-state index is 5.24. The lowest BCUT2D eigenvalue weighted by atomic mass is 9.89. The zero-order valence-corrected chi connectivity index (χ0v) is 36.8. The molecule has 0 spiro atoms. The molecule has 0 atom stereocenters. The van der Waals surface area contributed by atoms with Gasteiger partial charge in [-0.3, -0.25) is 4.57 Å². The average molecular weight is 866 g/mol. The Morgan fingerprint density at radius 2 is 0.750 bits per heavy atom. The molecule has 3 heterocycles. The molecule has 0 aliphatic carbocycles. The van der Waals surface area contributed by atoms with E-state index >= 15 is 0 Å². The van der Waals surface area contributed by atoms with E-state index in [-0.39, 0.29) is 0 Å². The van der Waals surface area contributed by atoms with Crippen molar-refractivity contribution in [2.45, 2.75) is 0 Å². The molecule has 0 saturated carbocycles. The van der Waals surface area contributed by atoms with Crippen LogP contribution in [0.1, 0.15) is 0 Å². The molecule has 0 aliphatic rings. The fourth-order valence-electron chi connectivity index (χ4n) is 10.7. The molecule has 68 heavy (non-hydrogen) atoms. The third kappa shape index (κ3) is 5.86. The van der Waals surface area contributed by atoms with Crippen LogP contribution >= 0.6 is 0 Å². The molecule has 0 N–H and O–H groups in total. The number of hydrogen-bond acceptors (Lipinski definition) is 3. The molecule has 0 radical (unpaired) electrons. The van der Waals surface area contributed by atoms with Crippen LogP contribution < -0.4 is 0 Å². The molecule has 0 aliphatic heterocycles. The Kier molecular flexibility index (Phi) is 8.52. The zero-order chi connectivity index (χ0) is 44.7. The molecule has 14 rings (SSSR count). The summed E-state index contributed by atoms with van der Waals surface area (Å²) in [4.78, 5) is 15.5. The fraction of sp³-hybridized carbons (Fsp3) is 0. The maximum atomic E-state index is 5.24. The van der Waals surface area contributed by atoms with Crippen molar-refractivity contribution < 1.29 is 0 Å². The molecule has 0 saturated heterocycles. The van der Waals surface area contributed by atoms with Crippen LogP contribution in [0.15, 0.2) is 237 Å². The molecule has 5 nitrogen and oxygen atoms in total. The van der Waals surface area contributed by atoms with Crippen molar-refractivity contribution in [3.8, 4) is 56.7 Å². The highest BCUT2D eigenvalue weighted by molar-refractivity contribution is 6.27. The number of rotatable bonds is 6. The van der Waals surface area contributed by atoms with Crippen LogP contribution in [0.3, 0.4) is 0 Å². The minimum absolute atomic E-state index is 0.567. The lowest BCUT2D eigenvalue weighted by molar-refractivity contribution is 0.953. The van der Waals surface area contributed by atoms with E-state index in [0.29, 0.717) is 17.6 Å². The van der Waals surface area contributed by atoms with Crippen molar-refractivity contribution in [2.75, 3.05) is 0 Å². The van der Waals surface area contributed by atoms with Crippen molar-refractivity contribution in [2.24, 2.45) is 0 Å². The quantitative estimate of drug-likeness (QED) is 0.156. The summed E-state index contributed by atoms with van der Waals surface area (Å²) in [6.45, 7) is 0. The zero-order valence-electron chi connectivity index (χ0n) is 36.8. The summed E-state index contributed by atoms with van der Waals surface area (Å²) in [6.07, 6.45) is 0.